The maximum absolute atomic E-state index is 12.5. The molecule has 31 heavy (non-hydrogen) atoms. The van der Waals surface area contributed by atoms with Gasteiger partial charge in [-0.2, -0.15) is 5.26 Å². The number of hydrogen-bond acceptors (Lipinski definition) is 4. The highest BCUT2D eigenvalue weighted by atomic mass is 16.5. The van der Waals surface area contributed by atoms with Crippen molar-refractivity contribution in [2.45, 2.75) is 51.0 Å². The quantitative estimate of drug-likeness (QED) is 0.516. The van der Waals surface area contributed by atoms with E-state index in [9.17, 15) is 10.1 Å². The lowest BCUT2D eigenvalue weighted by molar-refractivity contribution is -0.146. The number of rotatable bonds is 9. The van der Waals surface area contributed by atoms with Crippen LogP contribution in [0.1, 0.15) is 50.2 Å². The number of hydrogen-bond donors (Lipinski definition) is 0. The molecule has 3 rings (SSSR count). The molecule has 2 atom stereocenters. The first-order valence-corrected chi connectivity index (χ1v) is 11.4. The minimum atomic E-state index is -0.672. The van der Waals surface area contributed by atoms with Gasteiger partial charge in [0.15, 0.2) is 0 Å². The molecule has 0 aliphatic carbocycles. The van der Waals surface area contributed by atoms with E-state index >= 15 is 0 Å². The Balaban J connectivity index is 1.82. The highest BCUT2D eigenvalue weighted by molar-refractivity contribution is 5.72. The third-order valence-electron chi connectivity index (χ3n) is 6.76. The van der Waals surface area contributed by atoms with E-state index in [1.54, 1.807) is 0 Å². The highest BCUT2D eigenvalue weighted by Crippen LogP contribution is 2.44. The predicted molar refractivity (Wildman–Crippen MR) is 123 cm³/mol. The van der Waals surface area contributed by atoms with Crippen LogP contribution in [0.3, 0.4) is 0 Å². The molecule has 0 saturated carbocycles. The van der Waals surface area contributed by atoms with Crippen LogP contribution < -0.4 is 0 Å². The maximum Gasteiger partial charge on any atom is 0.308 e. The SMILES string of the molecule is CCCC(CC(C#N)(c1ccccc1)C1CCN(Cc2ccccc2)CC1)C(=O)OC. The Morgan fingerprint density at radius 2 is 1.74 bits per heavy atom. The van der Waals surface area contributed by atoms with Gasteiger partial charge in [0.2, 0.25) is 0 Å². The van der Waals surface area contributed by atoms with Crippen LogP contribution >= 0.6 is 0 Å². The van der Waals surface area contributed by atoms with Crippen LogP contribution in [0.4, 0.5) is 0 Å². The number of ether oxygens (including phenoxy) is 1. The molecule has 0 N–H and O–H groups in total. The molecule has 2 aromatic rings. The summed E-state index contributed by atoms with van der Waals surface area (Å²) in [6, 6.07) is 23.3. The van der Waals surface area contributed by atoms with Crippen LogP contribution in [0.5, 0.6) is 0 Å². The molecule has 0 bridgehead atoms. The second-order valence-corrected chi connectivity index (χ2v) is 8.70. The molecule has 2 unspecified atom stereocenters. The first-order chi connectivity index (χ1) is 15.1. The Kier molecular flexibility index (Phi) is 8.26. The van der Waals surface area contributed by atoms with Crippen molar-refractivity contribution >= 4 is 5.97 Å². The lowest BCUT2D eigenvalue weighted by atomic mass is 9.63. The topological polar surface area (TPSA) is 53.3 Å². The fraction of sp³-hybridized carbons (Fsp3) is 0.481. The minimum absolute atomic E-state index is 0.195. The minimum Gasteiger partial charge on any atom is -0.469 e. The summed E-state index contributed by atoms with van der Waals surface area (Å²) in [7, 11) is 1.45. The molecule has 164 valence electrons. The molecular weight excluding hydrogens is 384 g/mol. The van der Waals surface area contributed by atoms with Crippen LogP contribution in [0, 0.1) is 23.2 Å². The molecule has 4 heteroatoms. The van der Waals surface area contributed by atoms with Crippen molar-refractivity contribution in [1.82, 2.24) is 4.90 Å². The first kappa shape index (κ1) is 23.0. The molecule has 0 radical (unpaired) electrons. The fourth-order valence-electron chi connectivity index (χ4n) is 5.09. The molecular formula is C27H34N2O2. The molecule has 2 aromatic carbocycles. The van der Waals surface area contributed by atoms with Crippen molar-refractivity contribution in [2.24, 2.45) is 11.8 Å². The molecule has 0 spiro atoms. The van der Waals surface area contributed by atoms with Crippen LogP contribution in [-0.4, -0.2) is 31.1 Å². The number of carbonyl (C=O) groups is 1. The summed E-state index contributed by atoms with van der Waals surface area (Å²) in [6.07, 6.45) is 4.07. The Labute approximate surface area is 186 Å². The summed E-state index contributed by atoms with van der Waals surface area (Å²) in [5.74, 6) is -0.230. The van der Waals surface area contributed by atoms with Gasteiger partial charge in [0.25, 0.3) is 0 Å². The number of nitriles is 1. The normalized spacial score (nSPS) is 18.0. The highest BCUT2D eigenvalue weighted by Gasteiger charge is 2.45. The maximum atomic E-state index is 12.5. The lowest BCUT2D eigenvalue weighted by Crippen LogP contribution is -2.44. The van der Waals surface area contributed by atoms with Crippen molar-refractivity contribution < 1.29 is 9.53 Å². The van der Waals surface area contributed by atoms with Gasteiger partial charge in [0, 0.05) is 6.54 Å². The molecule has 1 aliphatic heterocycles. The smallest absolute Gasteiger partial charge is 0.308 e. The Hall–Kier alpha value is -2.64. The van der Waals surface area contributed by atoms with Gasteiger partial charge in [-0.15, -0.1) is 0 Å². The first-order valence-electron chi connectivity index (χ1n) is 11.4. The van der Waals surface area contributed by atoms with Gasteiger partial charge in [-0.25, -0.2) is 0 Å². The third kappa shape index (κ3) is 5.54. The monoisotopic (exact) mass is 418 g/mol. The summed E-state index contributed by atoms with van der Waals surface area (Å²) >= 11 is 0. The Morgan fingerprint density at radius 1 is 1.13 bits per heavy atom. The van der Waals surface area contributed by atoms with E-state index in [-0.39, 0.29) is 17.8 Å². The van der Waals surface area contributed by atoms with Gasteiger partial charge in [0.1, 0.15) is 0 Å². The van der Waals surface area contributed by atoms with Crippen molar-refractivity contribution in [3.05, 3.63) is 71.8 Å². The molecule has 0 aromatic heterocycles. The van der Waals surface area contributed by atoms with Crippen molar-refractivity contribution in [3.8, 4) is 6.07 Å². The van der Waals surface area contributed by atoms with Gasteiger partial charge in [-0.05, 0) is 55.8 Å². The zero-order valence-electron chi connectivity index (χ0n) is 18.8. The number of methoxy groups -OCH3 is 1. The number of likely N-dealkylation sites (tertiary alicyclic amines) is 1. The van der Waals surface area contributed by atoms with E-state index < -0.39 is 5.41 Å². The molecule has 1 saturated heterocycles. The summed E-state index contributed by atoms with van der Waals surface area (Å²) < 4.78 is 5.11. The molecule has 4 nitrogen and oxygen atoms in total. The van der Waals surface area contributed by atoms with Crippen molar-refractivity contribution in [3.63, 3.8) is 0 Å². The van der Waals surface area contributed by atoms with Gasteiger partial charge < -0.3 is 4.74 Å². The van der Waals surface area contributed by atoms with Gasteiger partial charge >= 0.3 is 5.97 Å². The summed E-state index contributed by atoms with van der Waals surface area (Å²) in [5, 5.41) is 10.5. The Bertz CT molecular complexity index is 854. The largest absolute Gasteiger partial charge is 0.469 e. The zero-order chi connectivity index (χ0) is 22.1. The second kappa shape index (κ2) is 11.1. The fourth-order valence-corrected chi connectivity index (χ4v) is 5.09. The number of carbonyl (C=O) groups excluding carboxylic acids is 1. The van der Waals surface area contributed by atoms with E-state index in [1.165, 1.54) is 12.7 Å². The van der Waals surface area contributed by atoms with Crippen LogP contribution in [0.25, 0.3) is 0 Å². The van der Waals surface area contributed by atoms with Crippen LogP contribution in [-0.2, 0) is 21.5 Å². The van der Waals surface area contributed by atoms with Gasteiger partial charge in [0.05, 0.1) is 24.5 Å². The molecule has 1 heterocycles. The predicted octanol–water partition coefficient (Wildman–Crippen LogP) is 5.34. The summed E-state index contributed by atoms with van der Waals surface area (Å²) in [4.78, 5) is 15.0. The summed E-state index contributed by atoms with van der Waals surface area (Å²) in [5.41, 5.74) is 1.68. The summed E-state index contributed by atoms with van der Waals surface area (Å²) in [6.45, 7) is 4.95. The zero-order valence-corrected chi connectivity index (χ0v) is 18.8. The van der Waals surface area contributed by atoms with Crippen molar-refractivity contribution in [2.75, 3.05) is 20.2 Å². The number of piperidine rings is 1. The second-order valence-electron chi connectivity index (χ2n) is 8.70. The van der Waals surface area contributed by atoms with Gasteiger partial charge in [-0.3, -0.25) is 9.69 Å². The average molecular weight is 419 g/mol. The lowest BCUT2D eigenvalue weighted by Gasteiger charge is -2.42. The van der Waals surface area contributed by atoms with E-state index in [2.05, 4.69) is 54.3 Å². The number of nitrogens with zero attached hydrogens (tertiary/aromatic N) is 2. The van der Waals surface area contributed by atoms with Gasteiger partial charge in [-0.1, -0.05) is 74.0 Å². The Morgan fingerprint density at radius 3 is 2.29 bits per heavy atom. The van der Waals surface area contributed by atoms with Crippen molar-refractivity contribution in [1.29, 1.82) is 5.26 Å². The van der Waals surface area contributed by atoms with Crippen LogP contribution in [0.2, 0.25) is 0 Å². The van der Waals surface area contributed by atoms with Crippen LogP contribution in [0.15, 0.2) is 60.7 Å². The molecule has 0 amide bonds. The van der Waals surface area contributed by atoms with E-state index in [0.29, 0.717) is 6.42 Å². The molecule has 1 aliphatic rings. The number of benzene rings is 2. The van der Waals surface area contributed by atoms with E-state index in [4.69, 9.17) is 4.74 Å². The van der Waals surface area contributed by atoms with E-state index in [0.717, 1.165) is 50.9 Å². The average Bonchev–Trinajstić information content (AvgIpc) is 2.83. The third-order valence-corrected chi connectivity index (χ3v) is 6.76. The number of esters is 1. The molecule has 1 fully saturated rings. The standard InChI is InChI=1S/C27H34N2O2/c1-3-10-23(26(30)31-2)19-27(21-28,24-13-8-5-9-14-24)25-15-17-29(18-16-25)20-22-11-6-4-7-12-22/h4-9,11-14,23,25H,3,10,15-20H2,1-2H3. The van der Waals surface area contributed by atoms with E-state index in [1.807, 2.05) is 24.3 Å².